The molecule has 114 valence electrons. The molecule has 0 amide bonds. The van der Waals surface area contributed by atoms with Gasteiger partial charge in [-0.2, -0.15) is 8.42 Å². The second-order valence-corrected chi connectivity index (χ2v) is 6.37. The van der Waals surface area contributed by atoms with E-state index in [2.05, 4.69) is 6.92 Å². The van der Waals surface area contributed by atoms with E-state index >= 15 is 0 Å². The average Bonchev–Trinajstić information content (AvgIpc) is 2.37. The maximum absolute atomic E-state index is 11.3. The number of unbranched alkanes of at least 4 members (excludes halogenated alkanes) is 1. The van der Waals surface area contributed by atoms with Gasteiger partial charge in [0.15, 0.2) is 0 Å². The van der Waals surface area contributed by atoms with E-state index in [4.69, 9.17) is 15.0 Å². The minimum absolute atomic E-state index is 0.244. The van der Waals surface area contributed by atoms with Crippen LogP contribution in [0.1, 0.15) is 45.1 Å². The summed E-state index contributed by atoms with van der Waals surface area (Å²) in [7, 11) is -4.22. The molecule has 0 heterocycles. The first-order valence-corrected chi connectivity index (χ1v) is 8.40. The predicted octanol–water partition coefficient (Wildman–Crippen LogP) is 3.00. The fourth-order valence-corrected chi connectivity index (χ4v) is 2.66. The smallest absolute Gasteiger partial charge is 0.303 e. The molecule has 5 nitrogen and oxygen atoms in total. The molecular formula is C14H23NO4S. The monoisotopic (exact) mass is 301 g/mol. The third-order valence-corrected chi connectivity index (χ3v) is 4.03. The topological polar surface area (TPSA) is 89.6 Å². The lowest BCUT2D eigenvalue weighted by Gasteiger charge is -2.17. The summed E-state index contributed by atoms with van der Waals surface area (Å²) in [4.78, 5) is 0. The highest BCUT2D eigenvalue weighted by molar-refractivity contribution is 7.86. The maximum Gasteiger partial charge on any atom is 0.303 e. The summed E-state index contributed by atoms with van der Waals surface area (Å²) < 4.78 is 37.1. The van der Waals surface area contributed by atoms with E-state index in [9.17, 15) is 8.42 Å². The molecule has 1 rings (SSSR count). The fraction of sp³-hybridized carbons (Fsp3) is 0.571. The summed E-state index contributed by atoms with van der Waals surface area (Å²) in [6, 6.07) is 5.07. The molecule has 20 heavy (non-hydrogen) atoms. The highest BCUT2D eigenvalue weighted by Crippen LogP contribution is 2.24. The number of ether oxygens (including phenoxy) is 1. The molecule has 0 bridgehead atoms. The van der Waals surface area contributed by atoms with E-state index < -0.39 is 15.6 Å². The third kappa shape index (κ3) is 5.02. The molecule has 1 atom stereocenters. The lowest BCUT2D eigenvalue weighted by atomic mass is 10.1. The Balaban J connectivity index is 2.90. The molecule has 0 saturated carbocycles. The first-order chi connectivity index (χ1) is 9.38. The number of rotatable bonds is 8. The van der Waals surface area contributed by atoms with E-state index in [1.807, 2.05) is 6.92 Å². The third-order valence-electron chi connectivity index (χ3n) is 3.04. The molecule has 0 aliphatic rings. The zero-order valence-electron chi connectivity index (χ0n) is 12.0. The largest absolute Gasteiger partial charge is 0.472 e. The van der Waals surface area contributed by atoms with Gasteiger partial charge in [-0.3, -0.25) is 4.55 Å². The number of aryl methyl sites for hydroxylation is 1. The minimum atomic E-state index is -4.22. The van der Waals surface area contributed by atoms with Gasteiger partial charge in [0.05, 0.1) is 0 Å². The van der Waals surface area contributed by atoms with E-state index in [1.165, 1.54) is 0 Å². The van der Waals surface area contributed by atoms with Gasteiger partial charge in [-0.05, 0) is 36.6 Å². The van der Waals surface area contributed by atoms with E-state index in [0.717, 1.165) is 24.8 Å². The van der Waals surface area contributed by atoms with Crippen molar-refractivity contribution in [2.75, 3.05) is 5.73 Å². The summed E-state index contributed by atoms with van der Waals surface area (Å²) >= 11 is 0. The SMILES string of the molecule is CCCCc1cc(OC(CCC)S(=O)(=O)O)ccc1N. The molecule has 1 aromatic carbocycles. The molecule has 0 aromatic heterocycles. The molecule has 3 N–H and O–H groups in total. The molecule has 0 spiro atoms. The van der Waals surface area contributed by atoms with Crippen LogP contribution >= 0.6 is 0 Å². The lowest BCUT2D eigenvalue weighted by molar-refractivity contribution is 0.245. The van der Waals surface area contributed by atoms with Crippen LogP contribution < -0.4 is 10.5 Å². The summed E-state index contributed by atoms with van der Waals surface area (Å²) in [5.41, 5.74) is 6.27. The van der Waals surface area contributed by atoms with Gasteiger partial charge in [-0.1, -0.05) is 26.7 Å². The van der Waals surface area contributed by atoms with Gasteiger partial charge >= 0.3 is 10.1 Å². The van der Waals surface area contributed by atoms with Gasteiger partial charge in [-0.15, -0.1) is 0 Å². The molecule has 1 aromatic rings. The Kier molecular flexibility index (Phi) is 6.29. The van der Waals surface area contributed by atoms with Crippen LogP contribution in [0.25, 0.3) is 0 Å². The van der Waals surface area contributed by atoms with Crippen LogP contribution in [0, 0.1) is 0 Å². The summed E-state index contributed by atoms with van der Waals surface area (Å²) in [6.45, 7) is 3.92. The Bertz CT molecular complexity index is 528. The van der Waals surface area contributed by atoms with Crippen molar-refractivity contribution >= 4 is 15.8 Å². The van der Waals surface area contributed by atoms with Crippen molar-refractivity contribution in [1.82, 2.24) is 0 Å². The summed E-state index contributed by atoms with van der Waals surface area (Å²) in [5.74, 6) is 0.418. The molecule has 6 heteroatoms. The maximum atomic E-state index is 11.3. The fourth-order valence-electron chi connectivity index (χ4n) is 1.90. The minimum Gasteiger partial charge on any atom is -0.472 e. The Morgan fingerprint density at radius 3 is 2.55 bits per heavy atom. The van der Waals surface area contributed by atoms with Crippen molar-refractivity contribution < 1.29 is 17.7 Å². The molecule has 0 fully saturated rings. The van der Waals surface area contributed by atoms with E-state index in [-0.39, 0.29) is 6.42 Å². The number of nitrogens with two attached hydrogens (primary N) is 1. The molecule has 0 radical (unpaired) electrons. The van der Waals surface area contributed by atoms with Gasteiger partial charge in [0.1, 0.15) is 5.75 Å². The Labute approximate surface area is 120 Å². The second kappa shape index (κ2) is 7.50. The van der Waals surface area contributed by atoms with Gasteiger partial charge < -0.3 is 10.5 Å². The first-order valence-electron chi connectivity index (χ1n) is 6.89. The zero-order chi connectivity index (χ0) is 15.2. The van der Waals surface area contributed by atoms with Crippen molar-refractivity contribution in [3.63, 3.8) is 0 Å². The van der Waals surface area contributed by atoms with Crippen molar-refractivity contribution in [3.05, 3.63) is 23.8 Å². The van der Waals surface area contributed by atoms with Crippen LogP contribution in [0.5, 0.6) is 5.75 Å². The van der Waals surface area contributed by atoms with Crippen LogP contribution in [0.15, 0.2) is 18.2 Å². The van der Waals surface area contributed by atoms with Gasteiger partial charge in [0.25, 0.3) is 0 Å². The predicted molar refractivity (Wildman–Crippen MR) is 80.3 cm³/mol. The van der Waals surface area contributed by atoms with Crippen LogP contribution in [0.3, 0.4) is 0 Å². The van der Waals surface area contributed by atoms with Gasteiger partial charge in [0.2, 0.25) is 5.44 Å². The van der Waals surface area contributed by atoms with Gasteiger partial charge in [0, 0.05) is 12.1 Å². The Hall–Kier alpha value is -1.27. The highest BCUT2D eigenvalue weighted by Gasteiger charge is 2.24. The Morgan fingerprint density at radius 1 is 1.30 bits per heavy atom. The van der Waals surface area contributed by atoms with Crippen molar-refractivity contribution in [2.24, 2.45) is 0 Å². The van der Waals surface area contributed by atoms with Gasteiger partial charge in [-0.25, -0.2) is 0 Å². The van der Waals surface area contributed by atoms with Crippen molar-refractivity contribution in [3.8, 4) is 5.75 Å². The number of nitrogen functional groups attached to an aromatic ring is 1. The molecule has 1 unspecified atom stereocenters. The van der Waals surface area contributed by atoms with Crippen molar-refractivity contribution in [2.45, 2.75) is 51.4 Å². The molecular weight excluding hydrogens is 278 g/mol. The number of benzene rings is 1. The van der Waals surface area contributed by atoms with Crippen LogP contribution in [0.4, 0.5) is 5.69 Å². The highest BCUT2D eigenvalue weighted by atomic mass is 32.2. The molecule has 0 aliphatic heterocycles. The van der Waals surface area contributed by atoms with Crippen LogP contribution in [0.2, 0.25) is 0 Å². The first kappa shape index (κ1) is 16.8. The zero-order valence-corrected chi connectivity index (χ0v) is 12.8. The lowest BCUT2D eigenvalue weighted by Crippen LogP contribution is -2.26. The number of anilines is 1. The van der Waals surface area contributed by atoms with Crippen LogP contribution in [-0.2, 0) is 16.5 Å². The summed E-state index contributed by atoms with van der Waals surface area (Å²) in [5, 5.41) is 0. The second-order valence-electron chi connectivity index (χ2n) is 4.82. The molecule has 0 saturated heterocycles. The molecule has 0 aliphatic carbocycles. The average molecular weight is 301 g/mol. The standard InChI is InChI=1S/C14H23NO4S/c1-3-5-7-11-10-12(8-9-13(11)15)19-14(6-4-2)20(16,17)18/h8-10,14H,3-7,15H2,1-2H3,(H,16,17,18). The van der Waals surface area contributed by atoms with E-state index in [1.54, 1.807) is 18.2 Å². The number of hydrogen-bond acceptors (Lipinski definition) is 4. The normalized spacial score (nSPS) is 13.2. The summed E-state index contributed by atoms with van der Waals surface area (Å²) in [6.07, 6.45) is 3.72. The quantitative estimate of drug-likeness (QED) is 0.569. The number of hydrogen-bond donors (Lipinski definition) is 2. The van der Waals surface area contributed by atoms with E-state index in [0.29, 0.717) is 17.9 Å². The van der Waals surface area contributed by atoms with Crippen LogP contribution in [-0.4, -0.2) is 18.4 Å². The Morgan fingerprint density at radius 2 is 2.00 bits per heavy atom. The van der Waals surface area contributed by atoms with Crippen molar-refractivity contribution in [1.29, 1.82) is 0 Å².